The Morgan fingerprint density at radius 2 is 2.00 bits per heavy atom. The second-order valence-electron chi connectivity index (χ2n) is 4.68. The number of carbonyl (C=O) groups excluding carboxylic acids is 1. The van der Waals surface area contributed by atoms with Crippen LogP contribution in [0.2, 0.25) is 0 Å². The van der Waals surface area contributed by atoms with Crippen molar-refractivity contribution in [3.05, 3.63) is 17.8 Å². The highest BCUT2D eigenvalue weighted by Crippen LogP contribution is 2.20. The van der Waals surface area contributed by atoms with Crippen molar-refractivity contribution in [2.75, 3.05) is 52.0 Å². The number of carbonyl (C=O) groups is 1. The van der Waals surface area contributed by atoms with Gasteiger partial charge in [0.05, 0.1) is 12.8 Å². The van der Waals surface area contributed by atoms with Crippen LogP contribution in [-0.2, 0) is 4.74 Å². The van der Waals surface area contributed by atoms with E-state index in [0.717, 1.165) is 19.5 Å². The number of nitrogen functional groups attached to an aromatic ring is 1. The maximum Gasteiger partial charge on any atom is 0.356 e. The van der Waals surface area contributed by atoms with Crippen molar-refractivity contribution in [1.29, 1.82) is 0 Å². The predicted molar refractivity (Wildman–Crippen MR) is 76.4 cm³/mol. The number of ether oxygens (including phenoxy) is 1. The van der Waals surface area contributed by atoms with Crippen LogP contribution in [0, 0.1) is 0 Å². The fourth-order valence-corrected chi connectivity index (χ4v) is 1.71. The summed E-state index contributed by atoms with van der Waals surface area (Å²) in [5.41, 5.74) is 6.72. The Bertz CT molecular complexity index is 435. The topological polar surface area (TPSA) is 71.7 Å². The number of methoxy groups -OCH3 is 1. The van der Waals surface area contributed by atoms with Crippen LogP contribution in [0.25, 0.3) is 0 Å². The highest BCUT2D eigenvalue weighted by Gasteiger charge is 2.13. The van der Waals surface area contributed by atoms with Crippen LogP contribution < -0.4 is 10.6 Å². The first-order valence-corrected chi connectivity index (χ1v) is 6.16. The minimum Gasteiger partial charge on any atom is -0.464 e. The Hall–Kier alpha value is -1.82. The lowest BCUT2D eigenvalue weighted by molar-refractivity contribution is 0.0594. The highest BCUT2D eigenvalue weighted by atomic mass is 16.5. The summed E-state index contributed by atoms with van der Waals surface area (Å²) in [5, 5.41) is 0. The number of hydrogen-bond donors (Lipinski definition) is 1. The fraction of sp³-hybridized carbons (Fsp3) is 0.538. The van der Waals surface area contributed by atoms with Gasteiger partial charge in [0.25, 0.3) is 0 Å². The van der Waals surface area contributed by atoms with Gasteiger partial charge < -0.3 is 20.3 Å². The molecule has 0 bridgehead atoms. The summed E-state index contributed by atoms with van der Waals surface area (Å²) >= 11 is 0. The van der Waals surface area contributed by atoms with Crippen molar-refractivity contribution in [1.82, 2.24) is 9.88 Å². The van der Waals surface area contributed by atoms with Crippen LogP contribution in [0.5, 0.6) is 0 Å². The van der Waals surface area contributed by atoms with Crippen LogP contribution in [0.4, 0.5) is 11.5 Å². The zero-order valence-corrected chi connectivity index (χ0v) is 12.0. The van der Waals surface area contributed by atoms with E-state index in [9.17, 15) is 4.79 Å². The molecule has 0 unspecified atom stereocenters. The van der Waals surface area contributed by atoms with Gasteiger partial charge >= 0.3 is 5.97 Å². The van der Waals surface area contributed by atoms with Crippen LogP contribution in [0.15, 0.2) is 12.1 Å². The van der Waals surface area contributed by atoms with Gasteiger partial charge in [-0.25, -0.2) is 9.78 Å². The van der Waals surface area contributed by atoms with Gasteiger partial charge in [-0.1, -0.05) is 0 Å². The maximum absolute atomic E-state index is 11.5. The van der Waals surface area contributed by atoms with E-state index < -0.39 is 5.97 Å². The van der Waals surface area contributed by atoms with E-state index in [1.807, 2.05) is 26.0 Å². The normalized spacial score (nSPS) is 10.6. The predicted octanol–water partition coefficient (Wildman–Crippen LogP) is 0.838. The van der Waals surface area contributed by atoms with Crippen molar-refractivity contribution < 1.29 is 9.53 Å². The van der Waals surface area contributed by atoms with Gasteiger partial charge in [0.15, 0.2) is 11.5 Å². The summed E-state index contributed by atoms with van der Waals surface area (Å²) in [7, 11) is 7.31. The zero-order valence-electron chi connectivity index (χ0n) is 12.0. The van der Waals surface area contributed by atoms with E-state index in [-0.39, 0.29) is 5.69 Å². The third-order valence-electron chi connectivity index (χ3n) is 2.76. The van der Waals surface area contributed by atoms with Crippen LogP contribution in [0.3, 0.4) is 0 Å². The molecule has 0 radical (unpaired) electrons. The molecule has 0 saturated heterocycles. The molecule has 19 heavy (non-hydrogen) atoms. The van der Waals surface area contributed by atoms with Gasteiger partial charge in [-0.15, -0.1) is 0 Å². The molecule has 0 aliphatic carbocycles. The van der Waals surface area contributed by atoms with Gasteiger partial charge in [0.1, 0.15) is 0 Å². The van der Waals surface area contributed by atoms with Crippen LogP contribution >= 0.6 is 0 Å². The summed E-state index contributed by atoms with van der Waals surface area (Å²) in [6.07, 6.45) is 0.993. The van der Waals surface area contributed by atoms with Crippen molar-refractivity contribution in [3.8, 4) is 0 Å². The first-order chi connectivity index (χ1) is 8.95. The third-order valence-corrected chi connectivity index (χ3v) is 2.76. The third kappa shape index (κ3) is 4.40. The Balaban J connectivity index is 2.77. The number of pyridine rings is 1. The summed E-state index contributed by atoms with van der Waals surface area (Å²) in [4.78, 5) is 19.8. The lowest BCUT2D eigenvalue weighted by atomic mass is 10.3. The highest BCUT2D eigenvalue weighted by molar-refractivity contribution is 5.88. The van der Waals surface area contributed by atoms with Crippen LogP contribution in [-0.4, -0.2) is 57.2 Å². The molecule has 0 saturated carbocycles. The molecule has 1 heterocycles. The molecule has 0 aliphatic heterocycles. The molecule has 0 atom stereocenters. The van der Waals surface area contributed by atoms with Crippen molar-refractivity contribution in [2.45, 2.75) is 6.42 Å². The molecule has 0 aromatic carbocycles. The van der Waals surface area contributed by atoms with E-state index in [4.69, 9.17) is 5.73 Å². The van der Waals surface area contributed by atoms with E-state index >= 15 is 0 Å². The summed E-state index contributed by atoms with van der Waals surface area (Å²) in [6.45, 7) is 1.81. The first kappa shape index (κ1) is 15.2. The second-order valence-corrected chi connectivity index (χ2v) is 4.68. The number of nitrogens with zero attached hydrogens (tertiary/aromatic N) is 3. The van der Waals surface area contributed by atoms with Crippen molar-refractivity contribution >= 4 is 17.5 Å². The molecule has 2 N–H and O–H groups in total. The molecule has 1 rings (SSSR count). The number of esters is 1. The fourth-order valence-electron chi connectivity index (χ4n) is 1.71. The van der Waals surface area contributed by atoms with Gasteiger partial charge in [-0.2, -0.15) is 0 Å². The average Bonchev–Trinajstić information content (AvgIpc) is 2.37. The van der Waals surface area contributed by atoms with Crippen molar-refractivity contribution in [2.24, 2.45) is 0 Å². The monoisotopic (exact) mass is 266 g/mol. The molecule has 106 valence electrons. The summed E-state index contributed by atoms with van der Waals surface area (Å²) in [6, 6.07) is 3.25. The van der Waals surface area contributed by atoms with Gasteiger partial charge in [0, 0.05) is 13.6 Å². The molecular formula is C13H22N4O2. The molecule has 6 heteroatoms. The molecule has 0 amide bonds. The second kappa shape index (κ2) is 6.94. The molecule has 0 spiro atoms. The minimum atomic E-state index is -0.456. The lowest BCUT2D eigenvalue weighted by Crippen LogP contribution is -2.25. The number of hydrogen-bond acceptors (Lipinski definition) is 6. The maximum atomic E-state index is 11.5. The molecule has 0 aliphatic rings. The quantitative estimate of drug-likeness (QED) is 0.769. The smallest absolute Gasteiger partial charge is 0.356 e. The number of anilines is 2. The molecule has 0 fully saturated rings. The average molecular weight is 266 g/mol. The molecule has 6 nitrogen and oxygen atoms in total. The lowest BCUT2D eigenvalue weighted by Gasteiger charge is -2.21. The summed E-state index contributed by atoms with van der Waals surface area (Å²) in [5.74, 6) is 0.157. The van der Waals surface area contributed by atoms with Gasteiger partial charge in [-0.05, 0) is 39.2 Å². The Morgan fingerprint density at radius 3 is 2.58 bits per heavy atom. The van der Waals surface area contributed by atoms with Crippen LogP contribution in [0.1, 0.15) is 16.9 Å². The zero-order chi connectivity index (χ0) is 14.4. The van der Waals surface area contributed by atoms with Gasteiger partial charge in [0.2, 0.25) is 0 Å². The standard InChI is InChI=1S/C13H22N4O2/c1-16(2)8-5-9-17(3)12-10(14)6-7-11(15-12)13(18)19-4/h6-7H,5,8-9,14H2,1-4H3. The Kier molecular flexibility index (Phi) is 5.57. The minimum absolute atomic E-state index is 0.270. The van der Waals surface area contributed by atoms with E-state index in [1.165, 1.54) is 7.11 Å². The molecular weight excluding hydrogens is 244 g/mol. The largest absolute Gasteiger partial charge is 0.464 e. The van der Waals surface area contributed by atoms with Gasteiger partial charge in [-0.3, -0.25) is 0 Å². The van der Waals surface area contributed by atoms with E-state index in [1.54, 1.807) is 12.1 Å². The Morgan fingerprint density at radius 1 is 1.32 bits per heavy atom. The Labute approximate surface area is 114 Å². The number of nitrogens with two attached hydrogens (primary N) is 1. The number of aromatic nitrogens is 1. The first-order valence-electron chi connectivity index (χ1n) is 6.16. The number of rotatable bonds is 6. The summed E-state index contributed by atoms with van der Waals surface area (Å²) < 4.78 is 4.66. The molecule has 1 aromatic heterocycles. The van der Waals surface area contributed by atoms with Crippen molar-refractivity contribution in [3.63, 3.8) is 0 Å². The van der Waals surface area contributed by atoms with E-state index in [0.29, 0.717) is 11.5 Å². The SMILES string of the molecule is COC(=O)c1ccc(N)c(N(C)CCCN(C)C)n1. The molecule has 1 aromatic rings. The van der Waals surface area contributed by atoms with E-state index in [2.05, 4.69) is 14.6 Å².